The second-order valence-electron chi connectivity index (χ2n) is 7.52. The molecule has 7 heteroatoms. The highest BCUT2D eigenvalue weighted by Crippen LogP contribution is 2.27. The van der Waals surface area contributed by atoms with Crippen LogP contribution in [0.1, 0.15) is 41.9 Å². The summed E-state index contributed by atoms with van der Waals surface area (Å²) in [5.74, 6) is 0.735. The molecule has 0 saturated carbocycles. The van der Waals surface area contributed by atoms with Gasteiger partial charge >= 0.3 is 0 Å². The normalized spacial score (nSPS) is 18.9. The fourth-order valence-electron chi connectivity index (χ4n) is 3.88. The first-order valence-corrected chi connectivity index (χ1v) is 9.62. The van der Waals surface area contributed by atoms with Crippen molar-refractivity contribution in [3.8, 4) is 0 Å². The predicted octanol–water partition coefficient (Wildman–Crippen LogP) is 2.08. The molecule has 0 spiro atoms. The molecule has 0 aliphatic carbocycles. The number of amides is 2. The quantitative estimate of drug-likeness (QED) is 0.815. The number of likely N-dealkylation sites (tertiary alicyclic amines) is 1. The molecular weight excluding hydrogens is 359 g/mol. The van der Waals surface area contributed by atoms with Crippen LogP contribution in [-0.2, 0) is 29.0 Å². The number of carbonyl (C=O) groups is 2. The molecule has 0 radical (unpaired) electrons. The lowest BCUT2D eigenvalue weighted by Gasteiger charge is -2.27. The first-order chi connectivity index (χ1) is 13.5. The summed E-state index contributed by atoms with van der Waals surface area (Å²) in [6.07, 6.45) is 3.69. The summed E-state index contributed by atoms with van der Waals surface area (Å²) in [5, 5.41) is 0. The van der Waals surface area contributed by atoms with Crippen LogP contribution in [0.25, 0.3) is 0 Å². The smallest absolute Gasteiger partial charge is 0.227 e. The number of nitrogens with zero attached hydrogens (tertiary/aromatic N) is 4. The number of carbonyl (C=O) groups excluding carboxylic acids is 2. The average Bonchev–Trinajstić information content (AvgIpc) is 3.19. The summed E-state index contributed by atoms with van der Waals surface area (Å²) < 4.78 is 13.0. The molecule has 146 valence electrons. The Bertz CT molecular complexity index is 900. The van der Waals surface area contributed by atoms with Crippen molar-refractivity contribution in [2.45, 2.75) is 38.6 Å². The molecule has 2 aromatic rings. The van der Waals surface area contributed by atoms with Gasteiger partial charge in [0, 0.05) is 57.2 Å². The van der Waals surface area contributed by atoms with Gasteiger partial charge in [-0.2, -0.15) is 0 Å². The third-order valence-electron chi connectivity index (χ3n) is 5.57. The summed E-state index contributed by atoms with van der Waals surface area (Å²) in [4.78, 5) is 37.0. The lowest BCUT2D eigenvalue weighted by atomic mass is 10.0. The van der Waals surface area contributed by atoms with Crippen molar-refractivity contribution >= 4 is 11.8 Å². The summed E-state index contributed by atoms with van der Waals surface area (Å²) in [5.41, 5.74) is 2.83. The number of fused-ring (bicyclic) bond motifs is 1. The van der Waals surface area contributed by atoms with E-state index in [1.54, 1.807) is 24.0 Å². The molecule has 4 rings (SSSR count). The Labute approximate surface area is 163 Å². The number of aromatic nitrogens is 2. The zero-order valence-corrected chi connectivity index (χ0v) is 15.9. The maximum absolute atomic E-state index is 13.0. The van der Waals surface area contributed by atoms with Gasteiger partial charge < -0.3 is 9.80 Å². The molecule has 6 nitrogen and oxygen atoms in total. The Hall–Kier alpha value is -2.83. The van der Waals surface area contributed by atoms with Crippen molar-refractivity contribution in [3.05, 3.63) is 58.9 Å². The zero-order chi connectivity index (χ0) is 19.7. The first-order valence-electron chi connectivity index (χ1n) is 9.62. The lowest BCUT2D eigenvalue weighted by Crippen LogP contribution is -2.35. The van der Waals surface area contributed by atoms with E-state index in [4.69, 9.17) is 4.98 Å². The Morgan fingerprint density at radius 2 is 1.96 bits per heavy atom. The van der Waals surface area contributed by atoms with Gasteiger partial charge in [0.2, 0.25) is 11.8 Å². The highest BCUT2D eigenvalue weighted by atomic mass is 19.1. The third kappa shape index (κ3) is 3.88. The van der Waals surface area contributed by atoms with Gasteiger partial charge in [-0.1, -0.05) is 12.1 Å². The molecule has 1 aromatic carbocycles. The number of hydrogen-bond acceptors (Lipinski definition) is 4. The molecule has 0 bridgehead atoms. The molecule has 1 saturated heterocycles. The summed E-state index contributed by atoms with van der Waals surface area (Å²) in [6, 6.07) is 6.06. The van der Waals surface area contributed by atoms with Crippen LogP contribution in [0.15, 0.2) is 30.5 Å². The topological polar surface area (TPSA) is 66.4 Å². The fraction of sp³-hybridized carbons (Fsp3) is 0.429. The number of rotatable bonds is 3. The van der Waals surface area contributed by atoms with E-state index < -0.39 is 0 Å². The molecule has 3 heterocycles. The molecule has 0 unspecified atom stereocenters. The maximum atomic E-state index is 13.0. The van der Waals surface area contributed by atoms with E-state index in [9.17, 15) is 14.0 Å². The van der Waals surface area contributed by atoms with E-state index in [-0.39, 0.29) is 30.0 Å². The molecule has 1 atom stereocenters. The van der Waals surface area contributed by atoms with E-state index in [0.717, 1.165) is 35.5 Å². The van der Waals surface area contributed by atoms with Crippen LogP contribution in [0.5, 0.6) is 0 Å². The molecule has 2 amide bonds. The van der Waals surface area contributed by atoms with Crippen molar-refractivity contribution < 1.29 is 14.0 Å². The van der Waals surface area contributed by atoms with E-state index in [2.05, 4.69) is 4.98 Å². The van der Waals surface area contributed by atoms with E-state index in [0.29, 0.717) is 26.2 Å². The zero-order valence-electron chi connectivity index (χ0n) is 15.9. The van der Waals surface area contributed by atoms with Crippen molar-refractivity contribution in [1.29, 1.82) is 0 Å². The van der Waals surface area contributed by atoms with Crippen LogP contribution in [-0.4, -0.2) is 51.2 Å². The van der Waals surface area contributed by atoms with Crippen molar-refractivity contribution in [1.82, 2.24) is 19.8 Å². The Morgan fingerprint density at radius 1 is 1.18 bits per heavy atom. The number of hydrogen-bond donors (Lipinski definition) is 0. The van der Waals surface area contributed by atoms with Crippen molar-refractivity contribution in [2.24, 2.45) is 0 Å². The minimum absolute atomic E-state index is 0.0455. The van der Waals surface area contributed by atoms with Crippen molar-refractivity contribution in [2.75, 3.05) is 19.6 Å². The SMILES string of the molecule is CC(=O)N1CCc2nc([C@@H]3CCN(C(=O)Cc4ccc(F)cc4)C3)ncc2C1. The monoisotopic (exact) mass is 382 g/mol. The van der Waals surface area contributed by atoms with Gasteiger partial charge in [-0.05, 0) is 24.1 Å². The molecule has 28 heavy (non-hydrogen) atoms. The van der Waals surface area contributed by atoms with E-state index >= 15 is 0 Å². The summed E-state index contributed by atoms with van der Waals surface area (Å²) >= 11 is 0. The van der Waals surface area contributed by atoms with Gasteiger partial charge in [0.05, 0.1) is 12.1 Å². The number of benzene rings is 1. The predicted molar refractivity (Wildman–Crippen MR) is 101 cm³/mol. The standard InChI is InChI=1S/C21H23FN4O2/c1-14(27)25-9-7-19-17(13-25)11-23-21(24-19)16-6-8-26(12-16)20(28)10-15-2-4-18(22)5-3-15/h2-5,11,16H,6-10,12-13H2,1H3/t16-/m1/s1. The Kier molecular flexibility index (Phi) is 5.07. The van der Waals surface area contributed by atoms with Gasteiger partial charge in [0.1, 0.15) is 11.6 Å². The molecule has 2 aliphatic rings. The van der Waals surface area contributed by atoms with Gasteiger partial charge in [0.15, 0.2) is 0 Å². The lowest BCUT2D eigenvalue weighted by molar-refractivity contribution is -0.130. The summed E-state index contributed by atoms with van der Waals surface area (Å²) in [6.45, 7) is 4.13. The molecule has 1 fully saturated rings. The maximum Gasteiger partial charge on any atom is 0.227 e. The highest BCUT2D eigenvalue weighted by molar-refractivity contribution is 5.79. The third-order valence-corrected chi connectivity index (χ3v) is 5.57. The molecule has 2 aliphatic heterocycles. The van der Waals surface area contributed by atoms with Crippen LogP contribution >= 0.6 is 0 Å². The van der Waals surface area contributed by atoms with Gasteiger partial charge in [0.25, 0.3) is 0 Å². The second kappa shape index (κ2) is 7.66. The minimum atomic E-state index is -0.298. The fourth-order valence-corrected chi connectivity index (χ4v) is 3.88. The van der Waals surface area contributed by atoms with Crippen LogP contribution in [0.3, 0.4) is 0 Å². The minimum Gasteiger partial charge on any atom is -0.342 e. The Morgan fingerprint density at radius 3 is 2.71 bits per heavy atom. The highest BCUT2D eigenvalue weighted by Gasteiger charge is 2.30. The van der Waals surface area contributed by atoms with Gasteiger partial charge in [-0.25, -0.2) is 14.4 Å². The van der Waals surface area contributed by atoms with Crippen molar-refractivity contribution in [3.63, 3.8) is 0 Å². The largest absolute Gasteiger partial charge is 0.342 e. The van der Waals surface area contributed by atoms with Gasteiger partial charge in [-0.3, -0.25) is 9.59 Å². The molecule has 0 N–H and O–H groups in total. The van der Waals surface area contributed by atoms with Crippen LogP contribution in [0, 0.1) is 5.82 Å². The number of halogens is 1. The average molecular weight is 382 g/mol. The van der Waals surface area contributed by atoms with Crippen LogP contribution in [0.2, 0.25) is 0 Å². The van der Waals surface area contributed by atoms with Crippen LogP contribution in [0.4, 0.5) is 4.39 Å². The van der Waals surface area contributed by atoms with E-state index in [1.807, 2.05) is 11.1 Å². The van der Waals surface area contributed by atoms with E-state index in [1.165, 1.54) is 12.1 Å². The first kappa shape index (κ1) is 18.5. The Balaban J connectivity index is 1.39. The molecular formula is C21H23FN4O2. The summed E-state index contributed by atoms with van der Waals surface area (Å²) in [7, 11) is 0. The van der Waals surface area contributed by atoms with Crippen LogP contribution < -0.4 is 0 Å². The molecule has 1 aromatic heterocycles. The second-order valence-corrected chi connectivity index (χ2v) is 7.52. The van der Waals surface area contributed by atoms with Gasteiger partial charge in [-0.15, -0.1) is 0 Å².